The molecule has 0 unspecified atom stereocenters. The Hall–Kier alpha value is -3.36. The first-order valence-electron chi connectivity index (χ1n) is 16.7. The molecule has 1 saturated heterocycles. The van der Waals surface area contributed by atoms with E-state index in [0.29, 0.717) is 26.4 Å². The van der Waals surface area contributed by atoms with E-state index in [1.54, 1.807) is 0 Å². The molecule has 6 atom stereocenters. The molecule has 0 radical (unpaired) electrons. The van der Waals surface area contributed by atoms with Gasteiger partial charge in [0.1, 0.15) is 36.6 Å². The molecule has 2 saturated carbocycles. The maximum absolute atomic E-state index is 7.01. The van der Waals surface area contributed by atoms with E-state index < -0.39 is 30.2 Å². The molecule has 4 aromatic rings. The molecule has 3 fully saturated rings. The fraction of sp³-hybridized carbons (Fsp3) is 0.400. The van der Waals surface area contributed by atoms with Crippen molar-refractivity contribution in [2.75, 3.05) is 0 Å². The Balaban J connectivity index is 1.25. The molecule has 7 rings (SSSR count). The van der Waals surface area contributed by atoms with Crippen LogP contribution in [0.1, 0.15) is 54.4 Å². The lowest BCUT2D eigenvalue weighted by Crippen LogP contribution is -2.65. The third-order valence-electron chi connectivity index (χ3n) is 9.40. The molecule has 1 spiro atoms. The Kier molecular flexibility index (Phi) is 10.2. The summed E-state index contributed by atoms with van der Waals surface area (Å²) in [7, 11) is 0. The maximum Gasteiger partial charge on any atom is 0.169 e. The summed E-state index contributed by atoms with van der Waals surface area (Å²) in [4.78, 5) is 0. The molecular formula is C40H44O6. The number of benzene rings is 4. The quantitative estimate of drug-likeness (QED) is 0.161. The minimum absolute atomic E-state index is 0.375. The van der Waals surface area contributed by atoms with E-state index in [-0.39, 0.29) is 12.2 Å². The SMILES string of the molecule is c1ccc(CO[C@H]2[C@H](OCc3ccccc3)[C@@H](OCc3ccccc3)[C@@H]3OC4(CCCCC4)O[C@@H]3[C@@H]2OCc2ccccc2)cc1. The highest BCUT2D eigenvalue weighted by molar-refractivity contribution is 5.18. The summed E-state index contributed by atoms with van der Waals surface area (Å²) < 4.78 is 41.5. The average Bonchev–Trinajstić information content (AvgIpc) is 3.48. The second-order valence-corrected chi connectivity index (χ2v) is 12.7. The number of hydrogen-bond donors (Lipinski definition) is 0. The minimum Gasteiger partial charge on any atom is -0.368 e. The third-order valence-corrected chi connectivity index (χ3v) is 9.40. The van der Waals surface area contributed by atoms with Crippen LogP contribution in [0.4, 0.5) is 0 Å². The van der Waals surface area contributed by atoms with Gasteiger partial charge in [-0.3, -0.25) is 0 Å². The number of hydrogen-bond acceptors (Lipinski definition) is 6. The van der Waals surface area contributed by atoms with Gasteiger partial charge >= 0.3 is 0 Å². The van der Waals surface area contributed by atoms with Gasteiger partial charge in [-0.05, 0) is 35.1 Å². The molecule has 240 valence electrons. The summed E-state index contributed by atoms with van der Waals surface area (Å²) >= 11 is 0. The zero-order chi connectivity index (χ0) is 31.0. The van der Waals surface area contributed by atoms with Crippen molar-refractivity contribution in [1.82, 2.24) is 0 Å². The van der Waals surface area contributed by atoms with E-state index in [0.717, 1.165) is 47.9 Å². The molecule has 0 amide bonds. The van der Waals surface area contributed by atoms with Crippen molar-refractivity contribution in [2.24, 2.45) is 0 Å². The summed E-state index contributed by atoms with van der Waals surface area (Å²) in [6.45, 7) is 1.68. The number of rotatable bonds is 12. The predicted octanol–water partition coefficient (Wildman–Crippen LogP) is 7.79. The van der Waals surface area contributed by atoms with Crippen LogP contribution in [0.2, 0.25) is 0 Å². The average molecular weight is 621 g/mol. The number of ether oxygens (including phenoxy) is 6. The zero-order valence-corrected chi connectivity index (χ0v) is 26.3. The zero-order valence-electron chi connectivity index (χ0n) is 26.3. The minimum atomic E-state index is -0.644. The van der Waals surface area contributed by atoms with Crippen LogP contribution in [0.25, 0.3) is 0 Å². The van der Waals surface area contributed by atoms with Crippen molar-refractivity contribution < 1.29 is 28.4 Å². The predicted molar refractivity (Wildman–Crippen MR) is 176 cm³/mol. The molecule has 6 heteroatoms. The van der Waals surface area contributed by atoms with Crippen LogP contribution in [0, 0.1) is 0 Å². The molecule has 46 heavy (non-hydrogen) atoms. The molecule has 0 aromatic heterocycles. The summed E-state index contributed by atoms with van der Waals surface area (Å²) in [6, 6.07) is 41.1. The first kappa shape index (κ1) is 31.3. The van der Waals surface area contributed by atoms with Gasteiger partial charge in [0.2, 0.25) is 0 Å². The van der Waals surface area contributed by atoms with E-state index in [4.69, 9.17) is 28.4 Å². The second kappa shape index (κ2) is 15.0. The number of fused-ring (bicyclic) bond motifs is 1. The van der Waals surface area contributed by atoms with Gasteiger partial charge in [-0.2, -0.15) is 0 Å². The fourth-order valence-corrected chi connectivity index (χ4v) is 7.07. The van der Waals surface area contributed by atoms with Gasteiger partial charge in [-0.15, -0.1) is 0 Å². The van der Waals surface area contributed by atoms with E-state index in [9.17, 15) is 0 Å². The van der Waals surface area contributed by atoms with Crippen LogP contribution in [0.3, 0.4) is 0 Å². The Labute approximate surface area is 272 Å². The largest absolute Gasteiger partial charge is 0.368 e. The molecule has 3 aliphatic rings. The van der Waals surface area contributed by atoms with Crippen molar-refractivity contribution in [3.05, 3.63) is 144 Å². The third kappa shape index (κ3) is 7.44. The van der Waals surface area contributed by atoms with E-state index in [1.807, 2.05) is 72.8 Å². The van der Waals surface area contributed by atoms with Crippen molar-refractivity contribution >= 4 is 0 Å². The van der Waals surface area contributed by atoms with E-state index >= 15 is 0 Å². The molecule has 1 aliphatic heterocycles. The lowest BCUT2D eigenvalue weighted by atomic mass is 9.84. The lowest BCUT2D eigenvalue weighted by Gasteiger charge is -2.46. The lowest BCUT2D eigenvalue weighted by molar-refractivity contribution is -0.252. The Bertz CT molecular complexity index is 1350. The molecule has 2 aliphatic carbocycles. The fourth-order valence-electron chi connectivity index (χ4n) is 7.07. The maximum atomic E-state index is 7.01. The summed E-state index contributed by atoms with van der Waals surface area (Å²) in [5, 5.41) is 0. The van der Waals surface area contributed by atoms with E-state index in [1.165, 1.54) is 6.42 Å². The van der Waals surface area contributed by atoms with Crippen molar-refractivity contribution in [3.8, 4) is 0 Å². The molecule has 0 bridgehead atoms. The monoisotopic (exact) mass is 620 g/mol. The topological polar surface area (TPSA) is 55.4 Å². The Morgan fingerprint density at radius 2 is 0.717 bits per heavy atom. The molecule has 6 nitrogen and oxygen atoms in total. The van der Waals surface area contributed by atoms with Gasteiger partial charge in [0.25, 0.3) is 0 Å². The standard InChI is InChI=1S/C40H44O6/c1-6-16-30(17-7-1)26-41-34-35(42-27-31-18-8-2-9-19-31)37(44-29-33-22-12-4-13-23-33)39-38(45-40(46-39)24-14-5-15-25-40)36(34)43-28-32-20-10-3-11-21-32/h1-4,6-13,16-23,34-39H,5,14-15,24-29H2/t34-,35-,36+,37+,38-,39+/m0/s1. The van der Waals surface area contributed by atoms with Crippen LogP contribution < -0.4 is 0 Å². The molecule has 4 aromatic carbocycles. The smallest absolute Gasteiger partial charge is 0.169 e. The summed E-state index contributed by atoms with van der Waals surface area (Å²) in [5.41, 5.74) is 4.36. The summed E-state index contributed by atoms with van der Waals surface area (Å²) in [6.07, 6.45) is 2.49. The summed E-state index contributed by atoms with van der Waals surface area (Å²) in [5.74, 6) is -0.644. The van der Waals surface area contributed by atoms with Crippen molar-refractivity contribution in [3.63, 3.8) is 0 Å². The molecule has 0 N–H and O–H groups in total. The van der Waals surface area contributed by atoms with Gasteiger partial charge < -0.3 is 28.4 Å². The van der Waals surface area contributed by atoms with Crippen LogP contribution in [0.5, 0.6) is 0 Å². The van der Waals surface area contributed by atoms with E-state index in [2.05, 4.69) is 48.5 Å². The van der Waals surface area contributed by atoms with Gasteiger partial charge in [-0.25, -0.2) is 0 Å². The Morgan fingerprint density at radius 3 is 1.04 bits per heavy atom. The molecular weight excluding hydrogens is 576 g/mol. The van der Waals surface area contributed by atoms with Gasteiger partial charge in [-0.1, -0.05) is 128 Å². The van der Waals surface area contributed by atoms with Crippen molar-refractivity contribution in [2.45, 2.75) is 101 Å². The molecule has 1 heterocycles. The second-order valence-electron chi connectivity index (χ2n) is 12.7. The van der Waals surface area contributed by atoms with Gasteiger partial charge in [0.15, 0.2) is 5.79 Å². The Morgan fingerprint density at radius 1 is 0.413 bits per heavy atom. The first-order chi connectivity index (χ1) is 22.8. The highest BCUT2D eigenvalue weighted by Crippen LogP contribution is 2.47. The highest BCUT2D eigenvalue weighted by Gasteiger charge is 2.62. The van der Waals surface area contributed by atoms with Crippen LogP contribution in [-0.2, 0) is 54.8 Å². The van der Waals surface area contributed by atoms with Gasteiger partial charge in [0.05, 0.1) is 26.4 Å². The van der Waals surface area contributed by atoms with Crippen LogP contribution in [-0.4, -0.2) is 42.4 Å². The van der Waals surface area contributed by atoms with Crippen molar-refractivity contribution in [1.29, 1.82) is 0 Å². The van der Waals surface area contributed by atoms with Crippen LogP contribution >= 0.6 is 0 Å². The highest BCUT2D eigenvalue weighted by atomic mass is 16.8. The first-order valence-corrected chi connectivity index (χ1v) is 16.7. The normalized spacial score (nSPS) is 27.0. The van der Waals surface area contributed by atoms with Crippen LogP contribution in [0.15, 0.2) is 121 Å². The van der Waals surface area contributed by atoms with Gasteiger partial charge in [0, 0.05) is 12.8 Å².